The Labute approximate surface area is 150 Å². The summed E-state index contributed by atoms with van der Waals surface area (Å²) >= 11 is 0. The van der Waals surface area contributed by atoms with Crippen molar-refractivity contribution < 1.29 is 8.42 Å². The summed E-state index contributed by atoms with van der Waals surface area (Å²) in [6, 6.07) is 1.92. The molecule has 1 aliphatic heterocycles. The van der Waals surface area contributed by atoms with E-state index < -0.39 is 9.84 Å². The van der Waals surface area contributed by atoms with Gasteiger partial charge in [0.25, 0.3) is 0 Å². The molecule has 2 aliphatic rings. The van der Waals surface area contributed by atoms with E-state index in [0.717, 1.165) is 24.6 Å². The van der Waals surface area contributed by atoms with E-state index in [1.165, 1.54) is 31.3 Å². The molecule has 2 heterocycles. The second kappa shape index (κ2) is 7.72. The molecule has 7 heteroatoms. The van der Waals surface area contributed by atoms with Crippen LogP contribution in [0.25, 0.3) is 0 Å². The lowest BCUT2D eigenvalue weighted by molar-refractivity contribution is 0.600. The van der Waals surface area contributed by atoms with E-state index >= 15 is 0 Å². The van der Waals surface area contributed by atoms with Gasteiger partial charge in [0.1, 0.15) is 17.5 Å². The third-order valence-corrected chi connectivity index (χ3v) is 6.83. The van der Waals surface area contributed by atoms with Crippen LogP contribution < -0.4 is 10.2 Å². The van der Waals surface area contributed by atoms with Gasteiger partial charge in [0.15, 0.2) is 9.84 Å². The van der Waals surface area contributed by atoms with Crippen LogP contribution in [-0.4, -0.2) is 49.5 Å². The van der Waals surface area contributed by atoms with Crippen molar-refractivity contribution in [2.75, 3.05) is 35.3 Å². The van der Waals surface area contributed by atoms with Gasteiger partial charge in [-0.15, -0.1) is 0 Å². The summed E-state index contributed by atoms with van der Waals surface area (Å²) in [5.74, 6) is 2.78. The summed E-state index contributed by atoms with van der Waals surface area (Å²) in [6.45, 7) is 2.74. The highest BCUT2D eigenvalue weighted by Gasteiger charge is 2.31. The maximum absolute atomic E-state index is 11.7. The largest absolute Gasteiger partial charge is 0.370 e. The van der Waals surface area contributed by atoms with Gasteiger partial charge in [0, 0.05) is 25.7 Å². The quantitative estimate of drug-likeness (QED) is 0.782. The molecule has 1 aliphatic carbocycles. The van der Waals surface area contributed by atoms with Crippen LogP contribution in [0.15, 0.2) is 17.7 Å². The van der Waals surface area contributed by atoms with Gasteiger partial charge in [-0.2, -0.15) is 0 Å². The first-order valence-corrected chi connectivity index (χ1v) is 11.0. The second-order valence-electron chi connectivity index (χ2n) is 7.11. The summed E-state index contributed by atoms with van der Waals surface area (Å²) < 4.78 is 23.5. The van der Waals surface area contributed by atoms with Crippen LogP contribution >= 0.6 is 0 Å². The normalized spacial score (nSPS) is 22.5. The van der Waals surface area contributed by atoms with Crippen molar-refractivity contribution in [3.05, 3.63) is 23.5 Å². The van der Waals surface area contributed by atoms with Crippen molar-refractivity contribution in [3.8, 4) is 0 Å². The van der Waals surface area contributed by atoms with Crippen LogP contribution in [0.3, 0.4) is 0 Å². The molecule has 0 spiro atoms. The van der Waals surface area contributed by atoms with Gasteiger partial charge in [0.05, 0.1) is 11.5 Å². The molecule has 1 N–H and O–H groups in total. The van der Waals surface area contributed by atoms with Gasteiger partial charge < -0.3 is 10.2 Å². The third-order valence-electron chi connectivity index (χ3n) is 5.08. The summed E-state index contributed by atoms with van der Waals surface area (Å²) in [5.41, 5.74) is 1.54. The number of rotatable bonds is 6. The van der Waals surface area contributed by atoms with Gasteiger partial charge in [-0.1, -0.05) is 11.6 Å². The van der Waals surface area contributed by atoms with E-state index in [4.69, 9.17) is 0 Å². The standard InChI is InChI=1S/C18H28N4O2S/c1-14-20-17(19-10-8-15-6-4-3-5-7-15)12-18(21-14)22(2)16-9-11-25(23,24)13-16/h6,12,16H,3-5,7-11,13H2,1-2H3,(H,19,20,21). The summed E-state index contributed by atoms with van der Waals surface area (Å²) in [7, 11) is -0.982. The summed E-state index contributed by atoms with van der Waals surface area (Å²) in [5, 5.41) is 3.40. The molecule has 3 rings (SSSR count). The highest BCUT2D eigenvalue weighted by molar-refractivity contribution is 7.91. The van der Waals surface area contributed by atoms with E-state index in [-0.39, 0.29) is 17.5 Å². The molecular formula is C18H28N4O2S. The average molecular weight is 365 g/mol. The molecule has 1 fully saturated rings. The Morgan fingerprint density at radius 3 is 2.84 bits per heavy atom. The average Bonchev–Trinajstić information content (AvgIpc) is 2.94. The smallest absolute Gasteiger partial charge is 0.152 e. The molecule has 0 aromatic carbocycles. The van der Waals surface area contributed by atoms with E-state index in [2.05, 4.69) is 21.4 Å². The van der Waals surface area contributed by atoms with Crippen molar-refractivity contribution in [2.24, 2.45) is 0 Å². The second-order valence-corrected chi connectivity index (χ2v) is 9.34. The Morgan fingerprint density at radius 2 is 2.16 bits per heavy atom. The highest BCUT2D eigenvalue weighted by Crippen LogP contribution is 2.24. The Kier molecular flexibility index (Phi) is 5.61. The number of hydrogen-bond acceptors (Lipinski definition) is 6. The van der Waals surface area contributed by atoms with Crippen molar-refractivity contribution in [1.82, 2.24) is 9.97 Å². The molecule has 0 radical (unpaired) electrons. The Morgan fingerprint density at radius 1 is 1.32 bits per heavy atom. The van der Waals surface area contributed by atoms with E-state index in [1.54, 1.807) is 0 Å². The minimum atomic E-state index is -2.90. The predicted molar refractivity (Wildman–Crippen MR) is 102 cm³/mol. The number of hydrogen-bond donors (Lipinski definition) is 1. The molecule has 138 valence electrons. The van der Waals surface area contributed by atoms with Crippen LogP contribution in [0.1, 0.15) is 44.3 Å². The van der Waals surface area contributed by atoms with E-state index in [1.807, 2.05) is 24.9 Å². The molecule has 1 saturated heterocycles. The maximum atomic E-state index is 11.7. The van der Waals surface area contributed by atoms with Crippen molar-refractivity contribution in [2.45, 2.75) is 51.5 Å². The van der Waals surface area contributed by atoms with Gasteiger partial charge in [-0.3, -0.25) is 0 Å². The minimum absolute atomic E-state index is 0.000422. The molecule has 0 saturated carbocycles. The number of aromatic nitrogens is 2. The van der Waals surface area contributed by atoms with Gasteiger partial charge >= 0.3 is 0 Å². The molecular weight excluding hydrogens is 336 g/mol. The Hall–Kier alpha value is -1.63. The van der Waals surface area contributed by atoms with E-state index in [0.29, 0.717) is 12.2 Å². The minimum Gasteiger partial charge on any atom is -0.370 e. The van der Waals surface area contributed by atoms with Gasteiger partial charge in [0.2, 0.25) is 0 Å². The Bertz CT molecular complexity index is 745. The number of anilines is 2. The first kappa shape index (κ1) is 18.2. The lowest BCUT2D eigenvalue weighted by Gasteiger charge is -2.25. The van der Waals surface area contributed by atoms with Crippen LogP contribution in [0.2, 0.25) is 0 Å². The number of nitrogens with zero attached hydrogens (tertiary/aromatic N) is 3. The third kappa shape index (κ3) is 4.93. The SMILES string of the molecule is Cc1nc(NCCC2=CCCCC2)cc(N(C)C2CCS(=O)(=O)C2)n1. The van der Waals surface area contributed by atoms with Crippen LogP contribution in [0, 0.1) is 6.92 Å². The zero-order valence-corrected chi connectivity index (χ0v) is 16.0. The van der Waals surface area contributed by atoms with Crippen LogP contribution in [0.4, 0.5) is 11.6 Å². The maximum Gasteiger partial charge on any atom is 0.152 e. The number of aryl methyl sites for hydroxylation is 1. The number of nitrogens with one attached hydrogen (secondary N) is 1. The predicted octanol–water partition coefficient (Wildman–Crippen LogP) is 2.71. The summed E-state index contributed by atoms with van der Waals surface area (Å²) in [4.78, 5) is 10.9. The fourth-order valence-electron chi connectivity index (χ4n) is 3.57. The lowest BCUT2D eigenvalue weighted by atomic mass is 9.97. The van der Waals surface area contributed by atoms with E-state index in [9.17, 15) is 8.42 Å². The van der Waals surface area contributed by atoms with Crippen LogP contribution in [-0.2, 0) is 9.84 Å². The Balaban J connectivity index is 1.62. The molecule has 1 aromatic heterocycles. The summed E-state index contributed by atoms with van der Waals surface area (Å²) in [6.07, 6.45) is 9.13. The van der Waals surface area contributed by atoms with Crippen molar-refractivity contribution in [3.63, 3.8) is 0 Å². The molecule has 6 nitrogen and oxygen atoms in total. The zero-order valence-electron chi connectivity index (χ0n) is 15.2. The highest BCUT2D eigenvalue weighted by atomic mass is 32.2. The molecule has 1 atom stereocenters. The first-order chi connectivity index (χ1) is 11.9. The number of sulfone groups is 1. The fraction of sp³-hybridized carbons (Fsp3) is 0.667. The van der Waals surface area contributed by atoms with Gasteiger partial charge in [-0.05, 0) is 45.4 Å². The van der Waals surface area contributed by atoms with Crippen molar-refractivity contribution in [1.29, 1.82) is 0 Å². The van der Waals surface area contributed by atoms with Gasteiger partial charge in [-0.25, -0.2) is 18.4 Å². The lowest BCUT2D eigenvalue weighted by Crippen LogP contribution is -2.33. The number of allylic oxidation sites excluding steroid dienone is 1. The zero-order chi connectivity index (χ0) is 17.9. The first-order valence-electron chi connectivity index (χ1n) is 9.14. The molecule has 1 aromatic rings. The fourth-order valence-corrected chi connectivity index (χ4v) is 5.35. The molecule has 0 amide bonds. The molecule has 0 bridgehead atoms. The monoisotopic (exact) mass is 364 g/mol. The molecule has 25 heavy (non-hydrogen) atoms. The van der Waals surface area contributed by atoms with Crippen LogP contribution in [0.5, 0.6) is 0 Å². The van der Waals surface area contributed by atoms with Crippen molar-refractivity contribution >= 4 is 21.5 Å². The topological polar surface area (TPSA) is 75.2 Å². The molecule has 1 unspecified atom stereocenters.